The van der Waals surface area contributed by atoms with Crippen molar-refractivity contribution in [1.82, 2.24) is 5.32 Å². The number of halogens is 1. The van der Waals surface area contributed by atoms with Gasteiger partial charge in [-0.05, 0) is 17.7 Å². The van der Waals surface area contributed by atoms with E-state index in [4.69, 9.17) is 4.74 Å². The van der Waals surface area contributed by atoms with Crippen LogP contribution in [0, 0.1) is 5.82 Å². The van der Waals surface area contributed by atoms with Crippen LogP contribution < -0.4 is 5.32 Å². The Balaban J connectivity index is 2.26. The van der Waals surface area contributed by atoms with Crippen molar-refractivity contribution in [3.05, 3.63) is 41.7 Å². The summed E-state index contributed by atoms with van der Waals surface area (Å²) in [6, 6.07) is 6.52. The maximum atomic E-state index is 12.8. The predicted octanol–water partition coefficient (Wildman–Crippen LogP) is 2.07. The van der Waals surface area contributed by atoms with Gasteiger partial charge in [0.1, 0.15) is 5.82 Å². The second kappa shape index (κ2) is 7.15. The van der Waals surface area contributed by atoms with Crippen LogP contribution in [0.25, 0.3) is 6.08 Å². The number of benzene rings is 1. The summed E-state index contributed by atoms with van der Waals surface area (Å²) in [5.74, 6) is -0.204. The fourth-order valence-corrected chi connectivity index (χ4v) is 1.16. The maximum Gasteiger partial charge on any atom is 0.123 e. The minimum absolute atomic E-state index is 0.204. The highest BCUT2D eigenvalue weighted by atomic mass is 19.1. The van der Waals surface area contributed by atoms with Gasteiger partial charge in [-0.15, -0.1) is 0 Å². The summed E-state index contributed by atoms with van der Waals surface area (Å²) >= 11 is 0. The lowest BCUT2D eigenvalue weighted by molar-refractivity contribution is 0.200. The molecule has 82 valence electrons. The van der Waals surface area contributed by atoms with Crippen LogP contribution in [-0.2, 0) is 4.74 Å². The highest BCUT2D eigenvalue weighted by Crippen LogP contribution is 2.04. The van der Waals surface area contributed by atoms with E-state index in [9.17, 15) is 4.39 Å². The Labute approximate surface area is 89.8 Å². The van der Waals surface area contributed by atoms with Crippen molar-refractivity contribution in [1.29, 1.82) is 0 Å². The van der Waals surface area contributed by atoms with Crippen LogP contribution >= 0.6 is 0 Å². The minimum atomic E-state index is -0.204. The summed E-state index contributed by atoms with van der Waals surface area (Å²) < 4.78 is 17.7. The van der Waals surface area contributed by atoms with Crippen molar-refractivity contribution >= 4 is 6.08 Å². The lowest BCUT2D eigenvalue weighted by atomic mass is 10.2. The molecular formula is C12H16FNO. The molecule has 1 aromatic carbocycles. The summed E-state index contributed by atoms with van der Waals surface area (Å²) in [6.07, 6.45) is 3.85. The Hall–Kier alpha value is -1.19. The Morgan fingerprint density at radius 3 is 3.07 bits per heavy atom. The lowest BCUT2D eigenvalue weighted by Crippen LogP contribution is -2.18. The number of hydrogen-bond donors (Lipinski definition) is 1. The molecule has 0 radical (unpaired) electrons. The zero-order valence-electron chi connectivity index (χ0n) is 8.87. The van der Waals surface area contributed by atoms with Gasteiger partial charge in [-0.25, -0.2) is 4.39 Å². The average Bonchev–Trinajstić information content (AvgIpc) is 2.23. The van der Waals surface area contributed by atoms with Gasteiger partial charge >= 0.3 is 0 Å². The van der Waals surface area contributed by atoms with Crippen molar-refractivity contribution < 1.29 is 9.13 Å². The molecule has 15 heavy (non-hydrogen) atoms. The molecule has 1 aromatic rings. The van der Waals surface area contributed by atoms with Crippen LogP contribution in [0.2, 0.25) is 0 Å². The van der Waals surface area contributed by atoms with Crippen molar-refractivity contribution in [3.8, 4) is 0 Å². The summed E-state index contributed by atoms with van der Waals surface area (Å²) in [7, 11) is 1.67. The quantitative estimate of drug-likeness (QED) is 0.724. The third kappa shape index (κ3) is 5.30. The molecule has 0 spiro atoms. The van der Waals surface area contributed by atoms with Crippen molar-refractivity contribution in [2.45, 2.75) is 0 Å². The predicted molar refractivity (Wildman–Crippen MR) is 60.2 cm³/mol. The van der Waals surface area contributed by atoms with E-state index in [0.717, 1.165) is 18.7 Å². The van der Waals surface area contributed by atoms with E-state index >= 15 is 0 Å². The minimum Gasteiger partial charge on any atom is -0.383 e. The van der Waals surface area contributed by atoms with E-state index < -0.39 is 0 Å². The highest BCUT2D eigenvalue weighted by Gasteiger charge is 1.89. The molecule has 0 fully saturated rings. The summed E-state index contributed by atoms with van der Waals surface area (Å²) in [5, 5.41) is 3.17. The van der Waals surface area contributed by atoms with E-state index in [-0.39, 0.29) is 5.82 Å². The monoisotopic (exact) mass is 209 g/mol. The molecule has 0 aliphatic heterocycles. The second-order valence-electron chi connectivity index (χ2n) is 3.15. The topological polar surface area (TPSA) is 21.3 Å². The molecule has 2 nitrogen and oxygen atoms in total. The zero-order chi connectivity index (χ0) is 10.9. The van der Waals surface area contributed by atoms with Gasteiger partial charge in [0.25, 0.3) is 0 Å². The van der Waals surface area contributed by atoms with E-state index in [1.165, 1.54) is 12.1 Å². The maximum absolute atomic E-state index is 12.8. The van der Waals surface area contributed by atoms with Gasteiger partial charge in [0.05, 0.1) is 6.61 Å². The van der Waals surface area contributed by atoms with Crippen LogP contribution in [0.3, 0.4) is 0 Å². The highest BCUT2D eigenvalue weighted by molar-refractivity contribution is 5.49. The summed E-state index contributed by atoms with van der Waals surface area (Å²) in [5.41, 5.74) is 0.878. The summed E-state index contributed by atoms with van der Waals surface area (Å²) in [4.78, 5) is 0. The number of ether oxygens (including phenoxy) is 1. The van der Waals surface area contributed by atoms with Crippen LogP contribution in [-0.4, -0.2) is 26.8 Å². The largest absolute Gasteiger partial charge is 0.383 e. The van der Waals surface area contributed by atoms with Gasteiger partial charge in [0.15, 0.2) is 0 Å². The van der Waals surface area contributed by atoms with Gasteiger partial charge in [0.2, 0.25) is 0 Å². The van der Waals surface area contributed by atoms with Crippen LogP contribution in [0.4, 0.5) is 4.39 Å². The Kier molecular flexibility index (Phi) is 5.66. The van der Waals surface area contributed by atoms with E-state index in [2.05, 4.69) is 5.32 Å². The molecule has 0 amide bonds. The molecule has 0 atom stereocenters. The molecule has 0 aliphatic carbocycles. The van der Waals surface area contributed by atoms with Gasteiger partial charge in [0, 0.05) is 20.2 Å². The first-order chi connectivity index (χ1) is 7.33. The molecule has 0 bridgehead atoms. The molecular weight excluding hydrogens is 193 g/mol. The summed E-state index contributed by atoms with van der Waals surface area (Å²) in [6.45, 7) is 2.29. The molecule has 1 rings (SSSR count). The molecule has 0 saturated carbocycles. The number of nitrogens with one attached hydrogen (secondary N) is 1. The fourth-order valence-electron chi connectivity index (χ4n) is 1.16. The number of rotatable bonds is 6. The SMILES string of the molecule is COCCNCC=Cc1cccc(F)c1. The lowest BCUT2D eigenvalue weighted by Gasteiger charge is -1.99. The zero-order valence-corrected chi connectivity index (χ0v) is 8.87. The molecule has 0 unspecified atom stereocenters. The van der Waals surface area contributed by atoms with E-state index in [1.54, 1.807) is 13.2 Å². The number of methoxy groups -OCH3 is 1. The average molecular weight is 209 g/mol. The van der Waals surface area contributed by atoms with E-state index in [1.807, 2.05) is 18.2 Å². The first kappa shape index (κ1) is 11.9. The van der Waals surface area contributed by atoms with Gasteiger partial charge in [-0.3, -0.25) is 0 Å². The van der Waals surface area contributed by atoms with Crippen molar-refractivity contribution in [2.24, 2.45) is 0 Å². The Morgan fingerprint density at radius 2 is 2.33 bits per heavy atom. The third-order valence-electron chi connectivity index (χ3n) is 1.90. The van der Waals surface area contributed by atoms with Crippen LogP contribution in [0.15, 0.2) is 30.3 Å². The normalized spacial score (nSPS) is 11.1. The van der Waals surface area contributed by atoms with E-state index in [0.29, 0.717) is 6.61 Å². The van der Waals surface area contributed by atoms with Crippen LogP contribution in [0.5, 0.6) is 0 Å². The van der Waals surface area contributed by atoms with Crippen LogP contribution in [0.1, 0.15) is 5.56 Å². The van der Waals surface area contributed by atoms with Gasteiger partial charge in [-0.2, -0.15) is 0 Å². The molecule has 0 saturated heterocycles. The standard InChI is InChI=1S/C12H16FNO/c1-15-9-8-14-7-3-5-11-4-2-6-12(13)10-11/h2-6,10,14H,7-9H2,1H3. The molecule has 0 heterocycles. The molecule has 0 aliphatic rings. The smallest absolute Gasteiger partial charge is 0.123 e. The second-order valence-corrected chi connectivity index (χ2v) is 3.15. The van der Waals surface area contributed by atoms with Gasteiger partial charge < -0.3 is 10.1 Å². The Bertz CT molecular complexity index is 312. The molecule has 3 heteroatoms. The fraction of sp³-hybridized carbons (Fsp3) is 0.333. The van der Waals surface area contributed by atoms with Crippen molar-refractivity contribution in [2.75, 3.05) is 26.8 Å². The third-order valence-corrected chi connectivity index (χ3v) is 1.90. The first-order valence-corrected chi connectivity index (χ1v) is 4.94. The molecule has 1 N–H and O–H groups in total. The van der Waals surface area contributed by atoms with Crippen molar-refractivity contribution in [3.63, 3.8) is 0 Å². The molecule has 0 aromatic heterocycles. The van der Waals surface area contributed by atoms with Gasteiger partial charge in [-0.1, -0.05) is 24.3 Å². The first-order valence-electron chi connectivity index (χ1n) is 4.94. The number of hydrogen-bond acceptors (Lipinski definition) is 2. The Morgan fingerprint density at radius 1 is 1.47 bits per heavy atom.